The van der Waals surface area contributed by atoms with Crippen molar-refractivity contribution in [2.24, 2.45) is 0 Å². The number of nitrogens with one attached hydrogen (secondary N) is 1. The molecular formula is C19H21N3O2. The van der Waals surface area contributed by atoms with Crippen LogP contribution in [0.15, 0.2) is 54.9 Å². The summed E-state index contributed by atoms with van der Waals surface area (Å²) in [6.45, 7) is 3.83. The van der Waals surface area contributed by atoms with E-state index in [2.05, 4.69) is 10.3 Å². The van der Waals surface area contributed by atoms with Crippen LogP contribution in [0.1, 0.15) is 31.5 Å². The quantitative estimate of drug-likeness (QED) is 0.782. The summed E-state index contributed by atoms with van der Waals surface area (Å²) >= 11 is 0. The zero-order valence-electron chi connectivity index (χ0n) is 14.1. The van der Waals surface area contributed by atoms with Gasteiger partial charge >= 0.3 is 0 Å². The van der Waals surface area contributed by atoms with Crippen molar-refractivity contribution in [1.29, 1.82) is 0 Å². The highest BCUT2D eigenvalue weighted by atomic mass is 16.5. The molecule has 0 aliphatic rings. The van der Waals surface area contributed by atoms with E-state index in [0.717, 1.165) is 22.3 Å². The standard InChI is InChI=1S/C19H21N3O2/c1-13(15-8-4-7-11-18(15)24-3)21-19(23)14(2)22-12-20-16-9-5-6-10-17(16)22/h4-14H,1-3H3,(H,21,23)/t13-,14-/m0/s1. The van der Waals surface area contributed by atoms with E-state index in [0.29, 0.717) is 0 Å². The van der Waals surface area contributed by atoms with Gasteiger partial charge < -0.3 is 14.6 Å². The summed E-state index contributed by atoms with van der Waals surface area (Å²) in [4.78, 5) is 17.0. The van der Waals surface area contributed by atoms with Crippen LogP contribution < -0.4 is 10.1 Å². The van der Waals surface area contributed by atoms with Crippen molar-refractivity contribution < 1.29 is 9.53 Å². The van der Waals surface area contributed by atoms with Crippen molar-refractivity contribution in [3.05, 3.63) is 60.4 Å². The summed E-state index contributed by atoms with van der Waals surface area (Å²) in [6, 6.07) is 15.0. The fraction of sp³-hybridized carbons (Fsp3) is 0.263. The zero-order valence-corrected chi connectivity index (χ0v) is 14.1. The van der Waals surface area contributed by atoms with E-state index in [1.54, 1.807) is 13.4 Å². The Balaban J connectivity index is 1.79. The van der Waals surface area contributed by atoms with E-state index in [1.165, 1.54) is 0 Å². The lowest BCUT2D eigenvalue weighted by molar-refractivity contribution is -0.124. The lowest BCUT2D eigenvalue weighted by Gasteiger charge is -2.20. The largest absolute Gasteiger partial charge is 0.496 e. The Labute approximate surface area is 141 Å². The molecule has 1 heterocycles. The van der Waals surface area contributed by atoms with E-state index in [4.69, 9.17) is 4.74 Å². The number of hydrogen-bond acceptors (Lipinski definition) is 3. The van der Waals surface area contributed by atoms with Gasteiger partial charge in [0.15, 0.2) is 0 Å². The lowest BCUT2D eigenvalue weighted by Crippen LogP contribution is -2.33. The number of benzene rings is 2. The average Bonchev–Trinajstić information content (AvgIpc) is 3.04. The van der Waals surface area contributed by atoms with Crippen molar-refractivity contribution in [2.75, 3.05) is 7.11 Å². The molecule has 2 aromatic carbocycles. The second-order valence-electron chi connectivity index (χ2n) is 5.79. The van der Waals surface area contributed by atoms with E-state index in [-0.39, 0.29) is 18.0 Å². The first-order valence-corrected chi connectivity index (χ1v) is 7.96. The Morgan fingerprint density at radius 2 is 1.83 bits per heavy atom. The van der Waals surface area contributed by atoms with Gasteiger partial charge in [-0.2, -0.15) is 0 Å². The Kier molecular flexibility index (Phi) is 4.51. The third kappa shape index (κ3) is 2.97. The van der Waals surface area contributed by atoms with Crippen molar-refractivity contribution in [1.82, 2.24) is 14.9 Å². The topological polar surface area (TPSA) is 56.1 Å². The Morgan fingerprint density at radius 1 is 1.12 bits per heavy atom. The molecule has 0 spiro atoms. The summed E-state index contributed by atoms with van der Waals surface area (Å²) in [5.41, 5.74) is 2.79. The van der Waals surface area contributed by atoms with Gasteiger partial charge in [-0.05, 0) is 32.0 Å². The highest BCUT2D eigenvalue weighted by Gasteiger charge is 2.20. The molecule has 3 rings (SSSR count). The number of carbonyl (C=O) groups is 1. The maximum absolute atomic E-state index is 12.7. The number of aromatic nitrogens is 2. The number of para-hydroxylation sites is 3. The second kappa shape index (κ2) is 6.74. The predicted molar refractivity (Wildman–Crippen MR) is 94.0 cm³/mol. The Bertz CT molecular complexity index is 856. The maximum atomic E-state index is 12.7. The van der Waals surface area contributed by atoms with E-state index in [1.807, 2.05) is 66.9 Å². The van der Waals surface area contributed by atoms with Crippen LogP contribution in [0.3, 0.4) is 0 Å². The van der Waals surface area contributed by atoms with E-state index in [9.17, 15) is 4.79 Å². The van der Waals surface area contributed by atoms with E-state index < -0.39 is 0 Å². The molecule has 0 saturated heterocycles. The van der Waals surface area contributed by atoms with Crippen molar-refractivity contribution in [3.8, 4) is 5.75 Å². The van der Waals surface area contributed by atoms with Crippen LogP contribution >= 0.6 is 0 Å². The van der Waals surface area contributed by atoms with Crippen LogP contribution in [0.5, 0.6) is 5.75 Å². The minimum Gasteiger partial charge on any atom is -0.496 e. The van der Waals surface area contributed by atoms with Gasteiger partial charge in [-0.3, -0.25) is 4.79 Å². The minimum atomic E-state index is -0.352. The fourth-order valence-corrected chi connectivity index (χ4v) is 2.85. The van der Waals surface area contributed by atoms with Crippen molar-refractivity contribution in [2.45, 2.75) is 25.9 Å². The molecule has 0 bridgehead atoms. The maximum Gasteiger partial charge on any atom is 0.243 e. The molecule has 0 aliphatic heterocycles. The first-order valence-electron chi connectivity index (χ1n) is 7.96. The van der Waals surface area contributed by atoms with Crippen LogP contribution in [-0.4, -0.2) is 22.6 Å². The molecule has 5 heteroatoms. The van der Waals surface area contributed by atoms with E-state index >= 15 is 0 Å². The molecule has 0 aliphatic carbocycles. The molecule has 1 N–H and O–H groups in total. The van der Waals surface area contributed by atoms with Gasteiger partial charge in [-0.15, -0.1) is 0 Å². The van der Waals surface area contributed by atoms with Gasteiger partial charge in [0.25, 0.3) is 0 Å². The number of rotatable bonds is 5. The van der Waals surface area contributed by atoms with Crippen molar-refractivity contribution >= 4 is 16.9 Å². The molecule has 1 amide bonds. The Morgan fingerprint density at radius 3 is 2.62 bits per heavy atom. The van der Waals surface area contributed by atoms with Gasteiger partial charge in [-0.1, -0.05) is 30.3 Å². The predicted octanol–water partition coefficient (Wildman–Crippen LogP) is 3.48. The van der Waals surface area contributed by atoms with Crippen LogP contribution in [0.4, 0.5) is 0 Å². The molecule has 0 unspecified atom stereocenters. The summed E-state index contributed by atoms with van der Waals surface area (Å²) < 4.78 is 7.26. The van der Waals surface area contributed by atoms with Crippen LogP contribution in [-0.2, 0) is 4.79 Å². The molecule has 124 valence electrons. The molecule has 2 atom stereocenters. The molecule has 24 heavy (non-hydrogen) atoms. The Hall–Kier alpha value is -2.82. The monoisotopic (exact) mass is 323 g/mol. The van der Waals surface area contributed by atoms with Crippen LogP contribution in [0.25, 0.3) is 11.0 Å². The number of amides is 1. The third-order valence-corrected chi connectivity index (χ3v) is 4.24. The summed E-state index contributed by atoms with van der Waals surface area (Å²) in [7, 11) is 1.63. The minimum absolute atomic E-state index is 0.0587. The molecule has 0 saturated carbocycles. The van der Waals surface area contributed by atoms with Gasteiger partial charge in [0, 0.05) is 5.56 Å². The summed E-state index contributed by atoms with van der Waals surface area (Å²) in [6.07, 6.45) is 1.71. The lowest BCUT2D eigenvalue weighted by atomic mass is 10.1. The number of nitrogens with zero attached hydrogens (tertiary/aromatic N) is 2. The molecule has 5 nitrogen and oxygen atoms in total. The van der Waals surface area contributed by atoms with Crippen molar-refractivity contribution in [3.63, 3.8) is 0 Å². The smallest absolute Gasteiger partial charge is 0.243 e. The first kappa shape index (κ1) is 16.1. The molecular weight excluding hydrogens is 302 g/mol. The normalized spacial score (nSPS) is 13.5. The van der Waals surface area contributed by atoms with Gasteiger partial charge in [0.2, 0.25) is 5.91 Å². The number of ether oxygens (including phenoxy) is 1. The molecule has 0 fully saturated rings. The summed E-state index contributed by atoms with van der Waals surface area (Å²) in [5.74, 6) is 0.711. The van der Waals surface area contributed by atoms with Gasteiger partial charge in [-0.25, -0.2) is 4.98 Å². The van der Waals surface area contributed by atoms with Crippen LogP contribution in [0, 0.1) is 0 Å². The molecule has 0 radical (unpaired) electrons. The second-order valence-corrected chi connectivity index (χ2v) is 5.79. The zero-order chi connectivity index (χ0) is 17.1. The number of carbonyl (C=O) groups excluding carboxylic acids is 1. The number of imidazole rings is 1. The first-order chi connectivity index (χ1) is 11.6. The SMILES string of the molecule is COc1ccccc1[C@H](C)NC(=O)[C@H](C)n1cnc2ccccc21. The van der Waals surface area contributed by atoms with Gasteiger partial charge in [0.05, 0.1) is 30.5 Å². The third-order valence-electron chi connectivity index (χ3n) is 4.24. The summed E-state index contributed by atoms with van der Waals surface area (Å²) in [5, 5.41) is 3.06. The highest BCUT2D eigenvalue weighted by Crippen LogP contribution is 2.25. The molecule has 3 aromatic rings. The average molecular weight is 323 g/mol. The van der Waals surface area contributed by atoms with Gasteiger partial charge in [0.1, 0.15) is 11.8 Å². The number of fused-ring (bicyclic) bond motifs is 1. The number of methoxy groups -OCH3 is 1. The highest BCUT2D eigenvalue weighted by molar-refractivity contribution is 5.83. The van der Waals surface area contributed by atoms with Crippen LogP contribution in [0.2, 0.25) is 0 Å². The number of hydrogen-bond donors (Lipinski definition) is 1. The fourth-order valence-electron chi connectivity index (χ4n) is 2.85. The molecule has 1 aromatic heterocycles.